The van der Waals surface area contributed by atoms with Crippen LogP contribution >= 0.6 is 0 Å². The van der Waals surface area contributed by atoms with Crippen molar-refractivity contribution in [2.24, 2.45) is 0 Å². The van der Waals surface area contributed by atoms with E-state index in [9.17, 15) is 9.59 Å². The van der Waals surface area contributed by atoms with E-state index in [1.54, 1.807) is 18.3 Å². The second-order valence-electron chi connectivity index (χ2n) is 9.75. The lowest BCUT2D eigenvalue weighted by Gasteiger charge is -2.36. The van der Waals surface area contributed by atoms with Crippen LogP contribution in [-0.2, 0) is 10.3 Å². The molecule has 33 heavy (non-hydrogen) atoms. The van der Waals surface area contributed by atoms with E-state index in [0.29, 0.717) is 49.8 Å². The van der Waals surface area contributed by atoms with Gasteiger partial charge in [-0.25, -0.2) is 4.98 Å². The molecule has 9 nitrogen and oxygen atoms in total. The maximum Gasteiger partial charge on any atom is 0.272 e. The number of carbonyl (C=O) groups is 2. The van der Waals surface area contributed by atoms with Crippen molar-refractivity contribution in [3.63, 3.8) is 0 Å². The molecule has 4 rings (SSSR count). The lowest BCUT2D eigenvalue weighted by Crippen LogP contribution is -2.50. The van der Waals surface area contributed by atoms with Crippen molar-refractivity contribution in [3.05, 3.63) is 41.3 Å². The second kappa shape index (κ2) is 9.51. The number of rotatable bonds is 5. The van der Waals surface area contributed by atoms with Crippen molar-refractivity contribution >= 4 is 17.6 Å². The Hall–Kier alpha value is -2.94. The first-order valence-electron chi connectivity index (χ1n) is 11.7. The highest BCUT2D eigenvalue weighted by molar-refractivity contribution is 5.99. The number of pyridine rings is 1. The molecule has 0 spiro atoms. The molecule has 2 aromatic heterocycles. The van der Waals surface area contributed by atoms with Crippen molar-refractivity contribution in [3.8, 4) is 0 Å². The van der Waals surface area contributed by atoms with Gasteiger partial charge >= 0.3 is 0 Å². The molecular formula is C24H34N6O3. The van der Waals surface area contributed by atoms with Gasteiger partial charge < -0.3 is 19.9 Å². The topological polar surface area (TPSA) is 92.6 Å². The second-order valence-corrected chi connectivity index (χ2v) is 9.75. The molecule has 178 valence electrons. The van der Waals surface area contributed by atoms with Gasteiger partial charge in [0.05, 0.1) is 22.9 Å². The summed E-state index contributed by atoms with van der Waals surface area (Å²) in [6.45, 7) is 11.6. The molecule has 0 radical (unpaired) electrons. The summed E-state index contributed by atoms with van der Waals surface area (Å²) in [6.07, 6.45) is 3.81. The number of piperazine rings is 1. The number of nitrogens with one attached hydrogen (secondary N) is 1. The van der Waals surface area contributed by atoms with Gasteiger partial charge in [0, 0.05) is 45.5 Å². The monoisotopic (exact) mass is 454 g/mol. The maximum atomic E-state index is 13.3. The van der Waals surface area contributed by atoms with Crippen LogP contribution in [0, 0.1) is 6.92 Å². The van der Waals surface area contributed by atoms with Gasteiger partial charge in [0.2, 0.25) is 0 Å². The molecule has 2 fully saturated rings. The Labute approximate surface area is 195 Å². The molecule has 0 aromatic carbocycles. The molecule has 2 aromatic rings. The van der Waals surface area contributed by atoms with E-state index < -0.39 is 0 Å². The molecule has 4 heterocycles. The number of hydrogen-bond acceptors (Lipinski definition) is 6. The van der Waals surface area contributed by atoms with Gasteiger partial charge in [0.15, 0.2) is 0 Å². The molecular weight excluding hydrogens is 420 g/mol. The van der Waals surface area contributed by atoms with Crippen molar-refractivity contribution in [1.82, 2.24) is 25.0 Å². The SMILES string of the molecule is Cc1cc(C(=O)N2CCN(c3ncccc3C(=O)NC[C@@H]3CCCO3)CC2)n(C(C)(C)C)n1. The predicted molar refractivity (Wildman–Crippen MR) is 126 cm³/mol. The van der Waals surface area contributed by atoms with Crippen LogP contribution < -0.4 is 10.2 Å². The number of carbonyl (C=O) groups excluding carboxylic acids is 2. The van der Waals surface area contributed by atoms with Crippen molar-refractivity contribution in [2.45, 2.75) is 52.2 Å². The van der Waals surface area contributed by atoms with Gasteiger partial charge in [-0.15, -0.1) is 0 Å². The van der Waals surface area contributed by atoms with Crippen LogP contribution in [0.1, 0.15) is 60.2 Å². The first-order valence-corrected chi connectivity index (χ1v) is 11.7. The minimum atomic E-state index is -0.277. The van der Waals surface area contributed by atoms with E-state index in [0.717, 1.165) is 25.1 Å². The molecule has 2 amide bonds. The third kappa shape index (κ3) is 5.19. The Morgan fingerprint density at radius 1 is 1.21 bits per heavy atom. The van der Waals surface area contributed by atoms with Gasteiger partial charge in [-0.1, -0.05) is 0 Å². The third-order valence-corrected chi connectivity index (χ3v) is 6.10. The van der Waals surface area contributed by atoms with Gasteiger partial charge in [-0.3, -0.25) is 14.3 Å². The molecule has 2 aliphatic heterocycles. The summed E-state index contributed by atoms with van der Waals surface area (Å²) < 4.78 is 7.41. The summed E-state index contributed by atoms with van der Waals surface area (Å²) in [5, 5.41) is 7.52. The van der Waals surface area contributed by atoms with E-state index >= 15 is 0 Å². The fraction of sp³-hybridized carbons (Fsp3) is 0.583. The fourth-order valence-corrected chi connectivity index (χ4v) is 4.38. The Balaban J connectivity index is 1.41. The quantitative estimate of drug-likeness (QED) is 0.745. The Kier molecular flexibility index (Phi) is 6.69. The minimum Gasteiger partial charge on any atom is -0.376 e. The smallest absolute Gasteiger partial charge is 0.272 e. The minimum absolute atomic E-state index is 0.0132. The summed E-state index contributed by atoms with van der Waals surface area (Å²) in [5.74, 6) is 0.502. The largest absolute Gasteiger partial charge is 0.376 e. The summed E-state index contributed by atoms with van der Waals surface area (Å²) in [6, 6.07) is 5.44. The third-order valence-electron chi connectivity index (χ3n) is 6.10. The van der Waals surface area contributed by atoms with Gasteiger partial charge in [-0.2, -0.15) is 5.10 Å². The van der Waals surface area contributed by atoms with E-state index in [4.69, 9.17) is 4.74 Å². The molecule has 2 saturated heterocycles. The molecule has 1 N–H and O–H groups in total. The summed E-state index contributed by atoms with van der Waals surface area (Å²) in [4.78, 5) is 34.5. The van der Waals surface area contributed by atoms with Crippen LogP contribution in [0.4, 0.5) is 5.82 Å². The maximum absolute atomic E-state index is 13.3. The number of aryl methyl sites for hydroxylation is 1. The van der Waals surface area contributed by atoms with Crippen LogP contribution in [0.25, 0.3) is 0 Å². The zero-order valence-corrected chi connectivity index (χ0v) is 20.0. The summed E-state index contributed by atoms with van der Waals surface area (Å²) in [7, 11) is 0. The molecule has 9 heteroatoms. The number of anilines is 1. The Bertz CT molecular complexity index is 998. The van der Waals surface area contributed by atoms with E-state index in [-0.39, 0.29) is 23.5 Å². The average Bonchev–Trinajstić information content (AvgIpc) is 3.46. The molecule has 0 saturated carbocycles. The highest BCUT2D eigenvalue weighted by atomic mass is 16.5. The van der Waals surface area contributed by atoms with Gasteiger partial charge in [-0.05, 0) is 58.7 Å². The fourth-order valence-electron chi connectivity index (χ4n) is 4.38. The normalized spacial score (nSPS) is 19.1. The predicted octanol–water partition coefficient (Wildman–Crippen LogP) is 2.21. The zero-order chi connectivity index (χ0) is 23.6. The summed E-state index contributed by atoms with van der Waals surface area (Å²) >= 11 is 0. The Morgan fingerprint density at radius 2 is 1.97 bits per heavy atom. The summed E-state index contributed by atoms with van der Waals surface area (Å²) in [5.41, 5.74) is 1.72. The highest BCUT2D eigenvalue weighted by Crippen LogP contribution is 2.22. The molecule has 0 bridgehead atoms. The lowest BCUT2D eigenvalue weighted by atomic mass is 10.1. The zero-order valence-electron chi connectivity index (χ0n) is 20.0. The first-order chi connectivity index (χ1) is 15.7. The number of aromatic nitrogens is 3. The molecule has 0 aliphatic carbocycles. The van der Waals surface area contributed by atoms with Crippen LogP contribution in [-0.4, -0.2) is 76.9 Å². The number of nitrogens with zero attached hydrogens (tertiary/aromatic N) is 5. The average molecular weight is 455 g/mol. The Morgan fingerprint density at radius 3 is 2.64 bits per heavy atom. The van der Waals surface area contributed by atoms with E-state index in [1.807, 2.05) is 43.3 Å². The highest BCUT2D eigenvalue weighted by Gasteiger charge is 2.30. The number of ether oxygens (including phenoxy) is 1. The van der Waals surface area contributed by atoms with E-state index in [1.165, 1.54) is 0 Å². The van der Waals surface area contributed by atoms with Crippen molar-refractivity contribution in [1.29, 1.82) is 0 Å². The van der Waals surface area contributed by atoms with Gasteiger partial charge in [0.25, 0.3) is 11.8 Å². The molecule has 2 aliphatic rings. The van der Waals surface area contributed by atoms with Crippen LogP contribution in [0.5, 0.6) is 0 Å². The molecule has 1 atom stereocenters. The number of amides is 2. The van der Waals surface area contributed by atoms with Crippen LogP contribution in [0.15, 0.2) is 24.4 Å². The van der Waals surface area contributed by atoms with Crippen molar-refractivity contribution in [2.75, 3.05) is 44.2 Å². The standard InChI is InChI=1S/C24H34N6O3/c1-17-15-20(30(27-17)24(2,3)4)23(32)29-12-10-28(11-13-29)21-19(8-5-9-25-21)22(31)26-16-18-7-6-14-33-18/h5,8-9,15,18H,6-7,10-14,16H2,1-4H3,(H,26,31)/t18-/m0/s1. The van der Waals surface area contributed by atoms with Gasteiger partial charge in [0.1, 0.15) is 11.5 Å². The number of hydrogen-bond donors (Lipinski definition) is 1. The lowest BCUT2D eigenvalue weighted by molar-refractivity contribution is 0.0725. The van der Waals surface area contributed by atoms with E-state index in [2.05, 4.69) is 20.3 Å². The van der Waals surface area contributed by atoms with Crippen LogP contribution in [0.2, 0.25) is 0 Å². The van der Waals surface area contributed by atoms with Crippen LogP contribution in [0.3, 0.4) is 0 Å². The molecule has 0 unspecified atom stereocenters. The van der Waals surface area contributed by atoms with Crippen molar-refractivity contribution < 1.29 is 14.3 Å². The first kappa shape index (κ1) is 23.2.